The zero-order valence-corrected chi connectivity index (χ0v) is 24.3. The Labute approximate surface area is 249 Å². The molecule has 0 saturated heterocycles. The maximum atomic E-state index is 13.6. The van der Waals surface area contributed by atoms with Crippen LogP contribution in [0.25, 0.3) is 22.5 Å². The molecule has 1 atom stereocenters. The zero-order valence-electron chi connectivity index (χ0n) is 23.4. The van der Waals surface area contributed by atoms with E-state index in [0.717, 1.165) is 42.4 Å². The lowest BCUT2D eigenvalue weighted by atomic mass is 9.81. The van der Waals surface area contributed by atoms with Crippen molar-refractivity contribution in [2.45, 2.75) is 43.0 Å². The number of primary sulfonamides is 1. The van der Waals surface area contributed by atoms with E-state index in [2.05, 4.69) is 31.3 Å². The molecule has 1 aromatic heterocycles. The van der Waals surface area contributed by atoms with Crippen LogP contribution in [0.5, 0.6) is 0 Å². The van der Waals surface area contributed by atoms with Crippen LogP contribution in [0.15, 0.2) is 77.7 Å². The van der Waals surface area contributed by atoms with Crippen molar-refractivity contribution in [3.05, 3.63) is 78.4 Å². The lowest BCUT2D eigenvalue weighted by Gasteiger charge is -2.28. The van der Waals surface area contributed by atoms with E-state index in [1.807, 2.05) is 24.3 Å². The average Bonchev–Trinajstić information content (AvgIpc) is 3.56. The molecule has 224 valence electrons. The fourth-order valence-electron chi connectivity index (χ4n) is 5.34. The Kier molecular flexibility index (Phi) is 9.24. The smallest absolute Gasteiger partial charge is 0.247 e. The SMILES string of the molecule is NCC1CCC(C(=O)N[C@@H](Cc2cccc(-c3cccc(S(N)(=O)=O)c3)c2)C(=O)Nc2ccc(-c3nn[nH]n3)cc2)CC1. The van der Waals surface area contributed by atoms with Gasteiger partial charge in [-0.1, -0.05) is 36.4 Å². The second-order valence-corrected chi connectivity index (χ2v) is 12.4. The number of amides is 2. The van der Waals surface area contributed by atoms with Gasteiger partial charge >= 0.3 is 0 Å². The normalized spacial score (nSPS) is 17.6. The first-order valence-corrected chi connectivity index (χ1v) is 15.6. The maximum absolute atomic E-state index is 13.6. The topological polar surface area (TPSA) is 199 Å². The van der Waals surface area contributed by atoms with E-state index in [1.54, 1.807) is 36.4 Å². The number of nitrogens with one attached hydrogen (secondary N) is 3. The molecule has 3 aromatic carbocycles. The molecule has 1 saturated carbocycles. The highest BCUT2D eigenvalue weighted by Gasteiger charge is 2.29. The molecular weight excluding hydrogens is 568 g/mol. The van der Waals surface area contributed by atoms with Gasteiger partial charge in [-0.25, -0.2) is 13.6 Å². The largest absolute Gasteiger partial charge is 0.344 e. The van der Waals surface area contributed by atoms with Crippen molar-refractivity contribution in [1.82, 2.24) is 25.9 Å². The number of hydrogen-bond donors (Lipinski definition) is 5. The van der Waals surface area contributed by atoms with E-state index in [4.69, 9.17) is 10.9 Å². The summed E-state index contributed by atoms with van der Waals surface area (Å²) in [5.74, 6) is 0.161. The quantitative estimate of drug-likeness (QED) is 0.182. The van der Waals surface area contributed by atoms with Gasteiger partial charge in [-0.2, -0.15) is 5.21 Å². The molecule has 1 aliphatic carbocycles. The predicted molar refractivity (Wildman–Crippen MR) is 162 cm³/mol. The summed E-state index contributed by atoms with van der Waals surface area (Å²) < 4.78 is 23.8. The fraction of sp³-hybridized carbons (Fsp3) is 0.300. The molecule has 12 nitrogen and oxygen atoms in total. The lowest BCUT2D eigenvalue weighted by molar-refractivity contribution is -0.130. The predicted octanol–water partition coefficient (Wildman–Crippen LogP) is 2.61. The fourth-order valence-corrected chi connectivity index (χ4v) is 5.90. The van der Waals surface area contributed by atoms with E-state index in [9.17, 15) is 18.0 Å². The number of carbonyl (C=O) groups is 2. The molecule has 4 aromatic rings. The minimum absolute atomic E-state index is 0.00892. The number of H-pyrrole nitrogens is 1. The number of hydrogen-bond acceptors (Lipinski definition) is 8. The number of aromatic amines is 1. The number of anilines is 1. The van der Waals surface area contributed by atoms with Gasteiger partial charge in [0.25, 0.3) is 0 Å². The zero-order chi connectivity index (χ0) is 30.4. The summed E-state index contributed by atoms with van der Waals surface area (Å²) in [4.78, 5) is 26.9. The molecule has 43 heavy (non-hydrogen) atoms. The number of nitrogens with two attached hydrogens (primary N) is 2. The van der Waals surface area contributed by atoms with Gasteiger partial charge in [0.15, 0.2) is 0 Å². The monoisotopic (exact) mass is 602 g/mol. The van der Waals surface area contributed by atoms with E-state index in [1.165, 1.54) is 12.1 Å². The summed E-state index contributed by atoms with van der Waals surface area (Å²) in [7, 11) is -3.87. The summed E-state index contributed by atoms with van der Waals surface area (Å²) in [6.07, 6.45) is 3.46. The Bertz CT molecular complexity index is 1670. The van der Waals surface area contributed by atoms with Crippen molar-refractivity contribution in [3.8, 4) is 22.5 Å². The number of sulfonamides is 1. The number of benzene rings is 3. The second kappa shape index (κ2) is 13.2. The van der Waals surface area contributed by atoms with Crippen LogP contribution < -0.4 is 21.5 Å². The third-order valence-corrected chi connectivity index (χ3v) is 8.71. The Hall–Kier alpha value is -4.46. The standard InChI is InChI=1S/C30H34N8O4S/c31-18-19-7-9-22(10-8-19)29(39)34-27(30(40)33-25-13-11-21(12-14-25)28-35-37-38-36-28)16-20-3-1-4-23(15-20)24-5-2-6-26(17-24)43(32,41)42/h1-6,11-15,17,19,22,27H,7-10,16,18,31H2,(H,33,40)(H,34,39)(H2,32,41,42)(H,35,36,37,38)/t19?,22?,27-/m0/s1. The second-order valence-electron chi connectivity index (χ2n) is 10.8. The molecule has 1 fully saturated rings. The van der Waals surface area contributed by atoms with Crippen LogP contribution >= 0.6 is 0 Å². The molecule has 13 heteroatoms. The molecule has 5 rings (SSSR count). The number of carbonyl (C=O) groups excluding carboxylic acids is 2. The summed E-state index contributed by atoms with van der Waals surface area (Å²) in [6, 6.07) is 19.9. The molecule has 0 spiro atoms. The summed E-state index contributed by atoms with van der Waals surface area (Å²) >= 11 is 0. The molecule has 0 aliphatic heterocycles. The molecule has 0 unspecified atom stereocenters. The minimum Gasteiger partial charge on any atom is -0.344 e. The van der Waals surface area contributed by atoms with Crippen LogP contribution in [-0.4, -0.2) is 53.4 Å². The van der Waals surface area contributed by atoms with Crippen molar-refractivity contribution in [1.29, 1.82) is 0 Å². The first-order valence-electron chi connectivity index (χ1n) is 14.1. The number of tetrazole rings is 1. The van der Waals surface area contributed by atoms with Crippen LogP contribution in [-0.2, 0) is 26.0 Å². The van der Waals surface area contributed by atoms with Crippen LogP contribution in [0, 0.1) is 11.8 Å². The molecule has 1 heterocycles. The highest BCUT2D eigenvalue weighted by atomic mass is 32.2. The van der Waals surface area contributed by atoms with Gasteiger partial charge in [0, 0.05) is 23.6 Å². The summed E-state index contributed by atoms with van der Waals surface area (Å²) in [5.41, 5.74) is 9.31. The van der Waals surface area contributed by atoms with Crippen LogP contribution in [0.3, 0.4) is 0 Å². The van der Waals surface area contributed by atoms with Crippen molar-refractivity contribution < 1.29 is 18.0 Å². The third kappa shape index (κ3) is 7.69. The molecule has 0 bridgehead atoms. The van der Waals surface area contributed by atoms with Crippen molar-refractivity contribution in [2.24, 2.45) is 22.7 Å². The average molecular weight is 603 g/mol. The van der Waals surface area contributed by atoms with Crippen LogP contribution in [0.4, 0.5) is 5.69 Å². The Morgan fingerprint density at radius 2 is 1.63 bits per heavy atom. The van der Waals surface area contributed by atoms with E-state index in [-0.39, 0.29) is 29.0 Å². The molecule has 0 radical (unpaired) electrons. The number of aromatic nitrogens is 4. The highest BCUT2D eigenvalue weighted by Crippen LogP contribution is 2.29. The van der Waals surface area contributed by atoms with Gasteiger partial charge in [-0.3, -0.25) is 9.59 Å². The van der Waals surface area contributed by atoms with Gasteiger partial charge in [0.05, 0.1) is 4.90 Å². The molecule has 7 N–H and O–H groups in total. The number of rotatable bonds is 10. The van der Waals surface area contributed by atoms with Gasteiger partial charge < -0.3 is 16.4 Å². The third-order valence-electron chi connectivity index (χ3n) is 7.80. The molecular formula is C30H34N8O4S. The summed E-state index contributed by atoms with van der Waals surface area (Å²) in [6.45, 7) is 0.612. The Morgan fingerprint density at radius 3 is 2.28 bits per heavy atom. The number of nitrogens with zero attached hydrogens (tertiary/aromatic N) is 3. The van der Waals surface area contributed by atoms with Crippen LogP contribution in [0.1, 0.15) is 31.2 Å². The maximum Gasteiger partial charge on any atom is 0.247 e. The minimum atomic E-state index is -3.87. The van der Waals surface area contributed by atoms with E-state index >= 15 is 0 Å². The van der Waals surface area contributed by atoms with Crippen LogP contribution in [0.2, 0.25) is 0 Å². The van der Waals surface area contributed by atoms with Gasteiger partial charge in [0.2, 0.25) is 27.7 Å². The first kappa shape index (κ1) is 30.0. The lowest BCUT2D eigenvalue weighted by Crippen LogP contribution is -2.48. The molecule has 1 aliphatic rings. The van der Waals surface area contributed by atoms with Crippen molar-refractivity contribution in [2.75, 3.05) is 11.9 Å². The van der Waals surface area contributed by atoms with Gasteiger partial charge in [-0.15, -0.1) is 10.2 Å². The Morgan fingerprint density at radius 1 is 0.930 bits per heavy atom. The first-order chi connectivity index (χ1) is 20.7. The molecule has 2 amide bonds. The van der Waals surface area contributed by atoms with E-state index < -0.39 is 16.1 Å². The highest BCUT2D eigenvalue weighted by molar-refractivity contribution is 7.89. The summed E-state index contributed by atoms with van der Waals surface area (Å²) in [5, 5.41) is 25.1. The van der Waals surface area contributed by atoms with E-state index in [0.29, 0.717) is 29.5 Å². The van der Waals surface area contributed by atoms with Crippen molar-refractivity contribution in [3.63, 3.8) is 0 Å². The van der Waals surface area contributed by atoms with Gasteiger partial charge in [-0.05, 0) is 96.4 Å². The Balaban J connectivity index is 1.36. The van der Waals surface area contributed by atoms with Gasteiger partial charge in [0.1, 0.15) is 6.04 Å². The van der Waals surface area contributed by atoms with Crippen molar-refractivity contribution >= 4 is 27.5 Å².